The molecule has 0 spiro atoms. The van der Waals surface area contributed by atoms with Gasteiger partial charge in [-0.15, -0.1) is 0 Å². The maximum Gasteiger partial charge on any atom is 0.414 e. The fourth-order valence-corrected chi connectivity index (χ4v) is 2.82. The molecule has 0 saturated heterocycles. The number of carboxylic acids is 2. The standard InChI is InChI=1S/C11H9BrN2S.C2H2O4/c12-9-3-1-8(2-4-9)10-7-14-5-6-15-11(14)13-10;3-1(4)2(5)6/h1-6,10H,7H2;(H,3,4)(H,5,6). The topological polar surface area (TPSA) is 90.2 Å². The van der Waals surface area contributed by atoms with Crippen molar-refractivity contribution in [2.45, 2.75) is 6.04 Å². The molecule has 2 aliphatic rings. The van der Waals surface area contributed by atoms with Crippen molar-refractivity contribution < 1.29 is 19.8 Å². The fraction of sp³-hybridized carbons (Fsp3) is 0.154. The minimum Gasteiger partial charge on any atom is -0.473 e. The van der Waals surface area contributed by atoms with Gasteiger partial charge in [0.1, 0.15) is 0 Å². The van der Waals surface area contributed by atoms with Crippen LogP contribution in [0.4, 0.5) is 0 Å². The predicted molar refractivity (Wildman–Crippen MR) is 83.0 cm³/mol. The summed E-state index contributed by atoms with van der Waals surface area (Å²) >= 11 is 5.14. The first kappa shape index (κ1) is 15.6. The van der Waals surface area contributed by atoms with Crippen LogP contribution in [-0.2, 0) is 9.59 Å². The molecule has 8 heteroatoms. The zero-order valence-corrected chi connectivity index (χ0v) is 13.0. The molecule has 1 aromatic rings. The molecule has 3 rings (SSSR count). The van der Waals surface area contributed by atoms with Crippen molar-refractivity contribution in [3.8, 4) is 0 Å². The number of halogens is 1. The lowest BCUT2D eigenvalue weighted by Gasteiger charge is -2.10. The fourth-order valence-electron chi connectivity index (χ4n) is 1.77. The summed E-state index contributed by atoms with van der Waals surface area (Å²) in [7, 11) is 0. The zero-order valence-electron chi connectivity index (χ0n) is 10.6. The molecule has 0 aromatic heterocycles. The SMILES string of the molecule is Brc1ccc(C2CN3C=CSC3=N2)cc1.O=C(O)C(=O)O. The van der Waals surface area contributed by atoms with Crippen LogP contribution in [0.1, 0.15) is 11.6 Å². The molecule has 1 unspecified atom stereocenters. The van der Waals surface area contributed by atoms with Gasteiger partial charge in [-0.2, -0.15) is 0 Å². The number of fused-ring (bicyclic) bond motifs is 1. The number of rotatable bonds is 1. The van der Waals surface area contributed by atoms with E-state index in [0.717, 1.165) is 16.2 Å². The lowest BCUT2D eigenvalue weighted by atomic mass is 10.1. The average Bonchev–Trinajstić information content (AvgIpc) is 3.01. The summed E-state index contributed by atoms with van der Waals surface area (Å²) in [5.74, 6) is -3.65. The van der Waals surface area contributed by atoms with Gasteiger partial charge in [-0.25, -0.2) is 9.59 Å². The molecule has 0 bridgehead atoms. The van der Waals surface area contributed by atoms with Crippen molar-refractivity contribution in [1.29, 1.82) is 0 Å². The molecule has 0 fully saturated rings. The van der Waals surface area contributed by atoms with Crippen LogP contribution >= 0.6 is 27.7 Å². The molecule has 0 saturated carbocycles. The highest BCUT2D eigenvalue weighted by atomic mass is 79.9. The second kappa shape index (κ2) is 6.77. The van der Waals surface area contributed by atoms with E-state index < -0.39 is 11.9 Å². The maximum absolute atomic E-state index is 9.10. The molecule has 2 heterocycles. The highest BCUT2D eigenvalue weighted by Crippen LogP contribution is 2.33. The van der Waals surface area contributed by atoms with Gasteiger partial charge in [0.25, 0.3) is 0 Å². The van der Waals surface area contributed by atoms with Crippen LogP contribution in [0.2, 0.25) is 0 Å². The van der Waals surface area contributed by atoms with E-state index in [0.29, 0.717) is 6.04 Å². The number of hydrogen-bond donors (Lipinski definition) is 2. The third-order valence-electron chi connectivity index (χ3n) is 2.73. The van der Waals surface area contributed by atoms with Gasteiger partial charge in [-0.3, -0.25) is 4.99 Å². The average molecular weight is 371 g/mol. The zero-order chi connectivity index (χ0) is 15.4. The van der Waals surface area contributed by atoms with E-state index in [4.69, 9.17) is 19.8 Å². The number of thioether (sulfide) groups is 1. The quantitative estimate of drug-likeness (QED) is 0.738. The summed E-state index contributed by atoms with van der Waals surface area (Å²) in [5, 5.41) is 18.0. The van der Waals surface area contributed by atoms with E-state index in [1.807, 2.05) is 0 Å². The Bertz CT molecular complexity index is 603. The van der Waals surface area contributed by atoms with Crippen LogP contribution in [-0.4, -0.2) is 38.8 Å². The Morgan fingerprint density at radius 2 is 1.86 bits per heavy atom. The Labute approximate surface area is 133 Å². The van der Waals surface area contributed by atoms with Crippen LogP contribution in [0.25, 0.3) is 0 Å². The number of carboxylic acid groups (broad SMARTS) is 2. The van der Waals surface area contributed by atoms with Gasteiger partial charge in [0.15, 0.2) is 5.17 Å². The molecule has 2 aliphatic heterocycles. The summed E-state index contributed by atoms with van der Waals surface area (Å²) in [6.07, 6.45) is 2.10. The van der Waals surface area contributed by atoms with Crippen LogP contribution in [0.15, 0.2) is 45.3 Å². The molecule has 1 atom stereocenters. The molecular formula is C13H11BrN2O4S. The first-order chi connectivity index (χ1) is 9.97. The molecular weight excluding hydrogens is 360 g/mol. The lowest BCUT2D eigenvalue weighted by Crippen LogP contribution is -2.15. The van der Waals surface area contributed by atoms with Gasteiger partial charge in [0.05, 0.1) is 12.6 Å². The molecule has 110 valence electrons. The molecule has 0 radical (unpaired) electrons. The third kappa shape index (κ3) is 4.08. The van der Waals surface area contributed by atoms with Crippen LogP contribution in [0, 0.1) is 0 Å². The molecule has 6 nitrogen and oxygen atoms in total. The smallest absolute Gasteiger partial charge is 0.414 e. The Kier molecular flexibility index (Phi) is 5.03. The Morgan fingerprint density at radius 1 is 1.24 bits per heavy atom. The van der Waals surface area contributed by atoms with E-state index >= 15 is 0 Å². The number of nitrogens with zero attached hydrogens (tertiary/aromatic N) is 2. The van der Waals surface area contributed by atoms with Gasteiger partial charge in [-0.05, 0) is 23.1 Å². The lowest BCUT2D eigenvalue weighted by molar-refractivity contribution is -0.159. The summed E-state index contributed by atoms with van der Waals surface area (Å²) in [6, 6.07) is 8.71. The molecule has 0 amide bonds. The van der Waals surface area contributed by atoms with E-state index in [9.17, 15) is 0 Å². The molecule has 2 N–H and O–H groups in total. The molecule has 21 heavy (non-hydrogen) atoms. The third-order valence-corrected chi connectivity index (χ3v) is 4.07. The van der Waals surface area contributed by atoms with Gasteiger partial charge >= 0.3 is 11.9 Å². The second-order valence-corrected chi connectivity index (χ2v) is 5.93. The number of aliphatic carboxylic acids is 2. The van der Waals surface area contributed by atoms with Gasteiger partial charge in [0, 0.05) is 10.7 Å². The number of carbonyl (C=O) groups is 2. The van der Waals surface area contributed by atoms with Crippen molar-refractivity contribution in [2.24, 2.45) is 4.99 Å². The summed E-state index contributed by atoms with van der Waals surface area (Å²) in [6.45, 7) is 0.973. The predicted octanol–water partition coefficient (Wildman–Crippen LogP) is 2.54. The number of benzene rings is 1. The van der Waals surface area contributed by atoms with Crippen molar-refractivity contribution >= 4 is 44.8 Å². The Balaban J connectivity index is 0.000000232. The van der Waals surface area contributed by atoms with E-state index in [1.54, 1.807) is 11.8 Å². The van der Waals surface area contributed by atoms with E-state index in [-0.39, 0.29) is 0 Å². The van der Waals surface area contributed by atoms with Crippen molar-refractivity contribution in [3.63, 3.8) is 0 Å². The largest absolute Gasteiger partial charge is 0.473 e. The highest BCUT2D eigenvalue weighted by molar-refractivity contribution is 9.10. The molecule has 1 aromatic carbocycles. The first-order valence-electron chi connectivity index (χ1n) is 5.87. The maximum atomic E-state index is 9.10. The molecule has 0 aliphatic carbocycles. The summed E-state index contributed by atoms with van der Waals surface area (Å²) < 4.78 is 1.12. The van der Waals surface area contributed by atoms with Crippen LogP contribution in [0.3, 0.4) is 0 Å². The van der Waals surface area contributed by atoms with Gasteiger partial charge < -0.3 is 15.1 Å². The van der Waals surface area contributed by atoms with Crippen molar-refractivity contribution in [1.82, 2.24) is 4.90 Å². The Hall–Kier alpha value is -1.80. The first-order valence-corrected chi connectivity index (χ1v) is 7.54. The number of hydrogen-bond acceptors (Lipinski definition) is 5. The van der Waals surface area contributed by atoms with E-state index in [2.05, 4.69) is 61.7 Å². The van der Waals surface area contributed by atoms with Crippen LogP contribution in [0.5, 0.6) is 0 Å². The van der Waals surface area contributed by atoms with Gasteiger partial charge in [0.2, 0.25) is 0 Å². The number of amidine groups is 1. The van der Waals surface area contributed by atoms with Crippen molar-refractivity contribution in [3.05, 3.63) is 45.9 Å². The van der Waals surface area contributed by atoms with Crippen molar-refractivity contribution in [2.75, 3.05) is 6.54 Å². The van der Waals surface area contributed by atoms with Crippen LogP contribution < -0.4 is 0 Å². The number of aliphatic imine (C=N–C) groups is 1. The highest BCUT2D eigenvalue weighted by Gasteiger charge is 2.27. The summed E-state index contributed by atoms with van der Waals surface area (Å²) in [4.78, 5) is 25.1. The Morgan fingerprint density at radius 3 is 2.38 bits per heavy atom. The minimum atomic E-state index is -1.82. The normalized spacial score (nSPS) is 18.6. The monoisotopic (exact) mass is 370 g/mol. The summed E-state index contributed by atoms with van der Waals surface area (Å²) in [5.41, 5.74) is 1.29. The second-order valence-electron chi connectivity index (χ2n) is 4.14. The van der Waals surface area contributed by atoms with Gasteiger partial charge in [-0.1, -0.05) is 39.8 Å². The van der Waals surface area contributed by atoms with E-state index in [1.165, 1.54) is 5.56 Å². The minimum absolute atomic E-state index is 0.297.